The molecule has 0 radical (unpaired) electrons. The van der Waals surface area contributed by atoms with Crippen LogP contribution < -0.4 is 5.32 Å². The molecule has 4 rings (SSSR count). The highest BCUT2D eigenvalue weighted by Gasteiger charge is 2.17. The van der Waals surface area contributed by atoms with Crippen LogP contribution in [0, 0.1) is 13.8 Å². The lowest BCUT2D eigenvalue weighted by Gasteiger charge is -2.34. The summed E-state index contributed by atoms with van der Waals surface area (Å²) in [6.07, 6.45) is 1.65. The SMILES string of the molecule is Cc1nn2cnnc2c(NCCN2CCN(Cc3ccccc3)CC2)c1C. The molecule has 0 atom stereocenters. The van der Waals surface area contributed by atoms with Gasteiger partial charge in [-0.05, 0) is 25.0 Å². The van der Waals surface area contributed by atoms with E-state index in [-0.39, 0.29) is 0 Å². The van der Waals surface area contributed by atoms with E-state index in [2.05, 4.69) is 67.7 Å². The number of nitrogens with zero attached hydrogens (tertiary/aromatic N) is 6. The fourth-order valence-corrected chi connectivity index (χ4v) is 3.62. The van der Waals surface area contributed by atoms with Crippen LogP contribution in [0.5, 0.6) is 0 Å². The quantitative estimate of drug-likeness (QED) is 0.721. The number of nitrogens with one attached hydrogen (secondary N) is 1. The van der Waals surface area contributed by atoms with Gasteiger partial charge in [-0.2, -0.15) is 9.61 Å². The molecule has 0 bridgehead atoms. The summed E-state index contributed by atoms with van der Waals surface area (Å²) in [5.41, 5.74) is 5.38. The van der Waals surface area contributed by atoms with Crippen LogP contribution >= 0.6 is 0 Å². The Balaban J connectivity index is 1.27. The van der Waals surface area contributed by atoms with Crippen molar-refractivity contribution < 1.29 is 0 Å². The van der Waals surface area contributed by atoms with Gasteiger partial charge in [0.2, 0.25) is 5.65 Å². The van der Waals surface area contributed by atoms with Gasteiger partial charge in [0.15, 0.2) is 0 Å². The summed E-state index contributed by atoms with van der Waals surface area (Å²) < 4.78 is 1.74. The Bertz CT molecular complexity index is 882. The normalized spacial score (nSPS) is 16.1. The van der Waals surface area contributed by atoms with Crippen LogP contribution in [0.1, 0.15) is 16.8 Å². The van der Waals surface area contributed by atoms with E-state index >= 15 is 0 Å². The summed E-state index contributed by atoms with van der Waals surface area (Å²) in [4.78, 5) is 5.06. The van der Waals surface area contributed by atoms with Gasteiger partial charge in [-0.3, -0.25) is 9.80 Å². The minimum atomic E-state index is 0.797. The van der Waals surface area contributed by atoms with Gasteiger partial charge in [0.1, 0.15) is 6.33 Å². The fourth-order valence-electron chi connectivity index (χ4n) is 3.62. The molecule has 1 N–H and O–H groups in total. The van der Waals surface area contributed by atoms with Gasteiger partial charge < -0.3 is 5.32 Å². The first-order valence-corrected chi connectivity index (χ1v) is 9.60. The molecule has 7 nitrogen and oxygen atoms in total. The molecule has 0 spiro atoms. The van der Waals surface area contributed by atoms with E-state index in [0.717, 1.165) is 68.4 Å². The third kappa shape index (κ3) is 4.09. The Labute approximate surface area is 160 Å². The van der Waals surface area contributed by atoms with E-state index in [1.807, 2.05) is 6.92 Å². The lowest BCUT2D eigenvalue weighted by atomic mass is 10.2. The Morgan fingerprint density at radius 3 is 2.52 bits per heavy atom. The van der Waals surface area contributed by atoms with Crippen LogP contribution in [0.3, 0.4) is 0 Å². The van der Waals surface area contributed by atoms with Gasteiger partial charge in [-0.25, -0.2) is 0 Å². The van der Waals surface area contributed by atoms with Crippen LogP contribution in [0.2, 0.25) is 0 Å². The molecule has 1 aromatic carbocycles. The Morgan fingerprint density at radius 1 is 1.00 bits per heavy atom. The predicted molar refractivity (Wildman–Crippen MR) is 107 cm³/mol. The lowest BCUT2D eigenvalue weighted by Crippen LogP contribution is -2.47. The van der Waals surface area contributed by atoms with Crippen LogP contribution in [-0.2, 0) is 6.54 Å². The van der Waals surface area contributed by atoms with Gasteiger partial charge >= 0.3 is 0 Å². The average molecular weight is 365 g/mol. The summed E-state index contributed by atoms with van der Waals surface area (Å²) in [6.45, 7) is 11.5. The van der Waals surface area contributed by atoms with Gasteiger partial charge in [0.05, 0.1) is 11.4 Å². The molecule has 0 amide bonds. The Hall–Kier alpha value is -2.51. The fraction of sp³-hybridized carbons (Fsp3) is 0.450. The Morgan fingerprint density at radius 2 is 1.74 bits per heavy atom. The first-order valence-electron chi connectivity index (χ1n) is 9.60. The van der Waals surface area contributed by atoms with Crippen LogP contribution in [0.15, 0.2) is 36.7 Å². The molecule has 0 aliphatic carbocycles. The second-order valence-corrected chi connectivity index (χ2v) is 7.21. The van der Waals surface area contributed by atoms with E-state index in [1.165, 1.54) is 5.56 Å². The first kappa shape index (κ1) is 17.9. The highest BCUT2D eigenvalue weighted by molar-refractivity contribution is 5.71. The molecule has 3 aromatic rings. The molecule has 27 heavy (non-hydrogen) atoms. The third-order valence-electron chi connectivity index (χ3n) is 5.37. The molecule has 2 aromatic heterocycles. The zero-order valence-corrected chi connectivity index (χ0v) is 16.1. The Kier molecular flexibility index (Phi) is 5.31. The molecule has 1 aliphatic heterocycles. The molecule has 1 aliphatic rings. The van der Waals surface area contributed by atoms with Gasteiger partial charge in [-0.1, -0.05) is 30.3 Å². The maximum atomic E-state index is 4.47. The topological polar surface area (TPSA) is 61.6 Å². The standard InChI is InChI=1S/C20H27N7/c1-16-17(2)24-27-15-22-23-20(27)19(16)21-8-9-25-10-12-26(13-11-25)14-18-6-4-3-5-7-18/h3-7,15,21H,8-14H2,1-2H3. The predicted octanol–water partition coefficient (Wildman–Crippen LogP) is 1.97. The van der Waals surface area contributed by atoms with E-state index in [0.29, 0.717) is 0 Å². The summed E-state index contributed by atoms with van der Waals surface area (Å²) in [5.74, 6) is 0. The van der Waals surface area contributed by atoms with Crippen molar-refractivity contribution in [2.75, 3.05) is 44.6 Å². The summed E-state index contributed by atoms with van der Waals surface area (Å²) >= 11 is 0. The highest BCUT2D eigenvalue weighted by atomic mass is 15.3. The maximum Gasteiger partial charge on any atom is 0.200 e. The van der Waals surface area contributed by atoms with E-state index in [1.54, 1.807) is 10.8 Å². The van der Waals surface area contributed by atoms with Crippen molar-refractivity contribution in [1.29, 1.82) is 0 Å². The van der Waals surface area contributed by atoms with Crippen molar-refractivity contribution >= 4 is 11.3 Å². The minimum absolute atomic E-state index is 0.797. The van der Waals surface area contributed by atoms with Gasteiger partial charge in [0, 0.05) is 45.8 Å². The summed E-state index contributed by atoms with van der Waals surface area (Å²) in [5, 5.41) is 16.2. The number of piperazine rings is 1. The van der Waals surface area contributed by atoms with E-state index in [9.17, 15) is 0 Å². The molecule has 7 heteroatoms. The first-order chi connectivity index (χ1) is 13.2. The third-order valence-corrected chi connectivity index (χ3v) is 5.37. The smallest absolute Gasteiger partial charge is 0.200 e. The monoisotopic (exact) mass is 365 g/mol. The molecular weight excluding hydrogens is 338 g/mol. The van der Waals surface area contributed by atoms with Gasteiger partial charge in [0.25, 0.3) is 0 Å². The summed E-state index contributed by atoms with van der Waals surface area (Å²) in [6, 6.07) is 10.7. The lowest BCUT2D eigenvalue weighted by molar-refractivity contribution is 0.130. The zero-order valence-electron chi connectivity index (χ0n) is 16.1. The molecule has 142 valence electrons. The number of aryl methyl sites for hydroxylation is 1. The van der Waals surface area contributed by atoms with Crippen LogP contribution in [0.4, 0.5) is 5.69 Å². The second-order valence-electron chi connectivity index (χ2n) is 7.21. The molecule has 1 fully saturated rings. The number of fused-ring (bicyclic) bond motifs is 1. The molecule has 0 saturated carbocycles. The van der Waals surface area contributed by atoms with Crippen LogP contribution in [0.25, 0.3) is 5.65 Å². The van der Waals surface area contributed by atoms with Crippen molar-refractivity contribution in [1.82, 2.24) is 29.6 Å². The summed E-state index contributed by atoms with van der Waals surface area (Å²) in [7, 11) is 0. The van der Waals surface area contributed by atoms with Crippen LogP contribution in [-0.4, -0.2) is 68.9 Å². The van der Waals surface area contributed by atoms with E-state index < -0.39 is 0 Å². The molecule has 3 heterocycles. The number of benzene rings is 1. The second kappa shape index (κ2) is 8.02. The number of anilines is 1. The van der Waals surface area contributed by atoms with Crippen molar-refractivity contribution in [2.24, 2.45) is 0 Å². The maximum absolute atomic E-state index is 4.47. The van der Waals surface area contributed by atoms with Crippen molar-refractivity contribution in [2.45, 2.75) is 20.4 Å². The molecule has 1 saturated heterocycles. The number of hydrogen-bond acceptors (Lipinski definition) is 6. The van der Waals surface area contributed by atoms with Gasteiger partial charge in [-0.15, -0.1) is 10.2 Å². The minimum Gasteiger partial charge on any atom is -0.380 e. The average Bonchev–Trinajstić information content (AvgIpc) is 3.15. The largest absolute Gasteiger partial charge is 0.380 e. The number of aromatic nitrogens is 4. The zero-order chi connectivity index (χ0) is 18.6. The molecular formula is C20H27N7. The highest BCUT2D eigenvalue weighted by Crippen LogP contribution is 2.21. The van der Waals surface area contributed by atoms with E-state index in [4.69, 9.17) is 0 Å². The molecule has 0 unspecified atom stereocenters. The van der Waals surface area contributed by atoms with Crippen molar-refractivity contribution in [3.63, 3.8) is 0 Å². The number of hydrogen-bond donors (Lipinski definition) is 1. The number of rotatable bonds is 6. The van der Waals surface area contributed by atoms with Crippen molar-refractivity contribution in [3.05, 3.63) is 53.5 Å². The van der Waals surface area contributed by atoms with Crippen molar-refractivity contribution in [3.8, 4) is 0 Å².